The van der Waals surface area contributed by atoms with Crippen molar-refractivity contribution in [1.29, 1.82) is 0 Å². The van der Waals surface area contributed by atoms with Crippen LogP contribution in [0.15, 0.2) is 18.7 Å². The molecule has 1 aliphatic carbocycles. The zero-order chi connectivity index (χ0) is 15.4. The topological polar surface area (TPSA) is 9.23 Å². The van der Waals surface area contributed by atoms with Crippen molar-refractivity contribution in [2.24, 2.45) is 11.8 Å². The Labute approximate surface area is 128 Å². The van der Waals surface area contributed by atoms with Gasteiger partial charge in [0.25, 0.3) is 0 Å². The lowest BCUT2D eigenvalue weighted by Gasteiger charge is -2.18. The molecule has 1 fully saturated rings. The normalized spacial score (nSPS) is 15.7. The van der Waals surface area contributed by atoms with E-state index in [1.165, 1.54) is 25.7 Å². The molecule has 1 nitrogen and oxygen atoms in total. The summed E-state index contributed by atoms with van der Waals surface area (Å²) < 4.78 is 20.3. The molecule has 0 saturated heterocycles. The standard InChI is InChI=1S/C19H27FO/c1-13(2)9-17-10-16(14(3)4)11-18(20)19(17)21-12-15-7-5-6-8-15/h10-11,13,15H,3,5-9,12H2,1-2,4H3. The van der Waals surface area contributed by atoms with Crippen LogP contribution in [0.25, 0.3) is 5.57 Å². The zero-order valence-electron chi connectivity index (χ0n) is 13.5. The van der Waals surface area contributed by atoms with E-state index in [0.29, 0.717) is 24.2 Å². The summed E-state index contributed by atoms with van der Waals surface area (Å²) >= 11 is 0. The van der Waals surface area contributed by atoms with Gasteiger partial charge in [-0.3, -0.25) is 0 Å². The van der Waals surface area contributed by atoms with Crippen molar-refractivity contribution in [3.05, 3.63) is 35.7 Å². The molecule has 0 heterocycles. The monoisotopic (exact) mass is 290 g/mol. The second kappa shape index (κ2) is 7.11. The first kappa shape index (κ1) is 16.1. The number of allylic oxidation sites excluding steroid dienone is 1. The minimum atomic E-state index is -0.246. The molecule has 1 aliphatic rings. The van der Waals surface area contributed by atoms with E-state index < -0.39 is 0 Å². The minimum Gasteiger partial charge on any atom is -0.490 e. The van der Waals surface area contributed by atoms with E-state index in [9.17, 15) is 4.39 Å². The van der Waals surface area contributed by atoms with Crippen LogP contribution >= 0.6 is 0 Å². The molecule has 1 aromatic rings. The van der Waals surface area contributed by atoms with Gasteiger partial charge >= 0.3 is 0 Å². The third kappa shape index (κ3) is 4.33. The third-order valence-corrected chi connectivity index (χ3v) is 4.18. The van der Waals surface area contributed by atoms with Gasteiger partial charge in [0.15, 0.2) is 11.6 Å². The van der Waals surface area contributed by atoms with Crippen molar-refractivity contribution in [1.82, 2.24) is 0 Å². The number of rotatable bonds is 6. The Bertz CT molecular complexity index is 499. The van der Waals surface area contributed by atoms with Gasteiger partial charge in [0, 0.05) is 0 Å². The van der Waals surface area contributed by atoms with Crippen LogP contribution in [0.4, 0.5) is 4.39 Å². The van der Waals surface area contributed by atoms with Crippen LogP contribution in [-0.2, 0) is 6.42 Å². The predicted octanol–water partition coefficient (Wildman–Crippen LogP) is 5.63. The number of ether oxygens (including phenoxy) is 1. The predicted molar refractivity (Wildman–Crippen MR) is 87.1 cm³/mol. The van der Waals surface area contributed by atoms with Gasteiger partial charge < -0.3 is 4.74 Å². The zero-order valence-corrected chi connectivity index (χ0v) is 13.5. The number of halogens is 1. The molecule has 2 rings (SSSR count). The van der Waals surface area contributed by atoms with E-state index in [1.54, 1.807) is 6.07 Å². The molecule has 116 valence electrons. The van der Waals surface area contributed by atoms with E-state index in [0.717, 1.165) is 23.1 Å². The lowest BCUT2D eigenvalue weighted by molar-refractivity contribution is 0.239. The van der Waals surface area contributed by atoms with Gasteiger partial charge in [-0.15, -0.1) is 0 Å². The maximum absolute atomic E-state index is 14.4. The molecule has 0 unspecified atom stereocenters. The molecule has 0 aliphatic heterocycles. The van der Waals surface area contributed by atoms with Crippen LogP contribution in [0.1, 0.15) is 57.6 Å². The van der Waals surface area contributed by atoms with Crippen molar-refractivity contribution in [3.8, 4) is 5.75 Å². The molecule has 1 saturated carbocycles. The highest BCUT2D eigenvalue weighted by Crippen LogP contribution is 2.31. The van der Waals surface area contributed by atoms with Crippen LogP contribution in [0.3, 0.4) is 0 Å². The van der Waals surface area contributed by atoms with E-state index >= 15 is 0 Å². The highest BCUT2D eigenvalue weighted by Gasteiger charge is 2.19. The molecule has 2 heteroatoms. The molecule has 0 atom stereocenters. The first-order valence-corrected chi connectivity index (χ1v) is 8.08. The maximum Gasteiger partial charge on any atom is 0.165 e. The van der Waals surface area contributed by atoms with Gasteiger partial charge in [-0.25, -0.2) is 4.39 Å². The van der Waals surface area contributed by atoms with Gasteiger partial charge in [0.05, 0.1) is 6.61 Å². The van der Waals surface area contributed by atoms with Crippen LogP contribution < -0.4 is 4.74 Å². The van der Waals surface area contributed by atoms with E-state index in [4.69, 9.17) is 4.74 Å². The smallest absolute Gasteiger partial charge is 0.165 e. The summed E-state index contributed by atoms with van der Waals surface area (Å²) in [5, 5.41) is 0. The SMILES string of the molecule is C=C(C)c1cc(F)c(OCC2CCCC2)c(CC(C)C)c1. The summed E-state index contributed by atoms with van der Waals surface area (Å²) in [6.45, 7) is 10.8. The molecule has 0 amide bonds. The Morgan fingerprint density at radius 3 is 2.57 bits per heavy atom. The Morgan fingerprint density at radius 1 is 1.33 bits per heavy atom. The lowest BCUT2D eigenvalue weighted by Crippen LogP contribution is -2.11. The fourth-order valence-corrected chi connectivity index (χ4v) is 3.03. The Balaban J connectivity index is 2.21. The molecule has 0 aromatic heterocycles. The van der Waals surface area contributed by atoms with Crippen LogP contribution in [0, 0.1) is 17.7 Å². The first-order valence-electron chi connectivity index (χ1n) is 8.08. The van der Waals surface area contributed by atoms with Crippen molar-refractivity contribution in [2.45, 2.75) is 52.9 Å². The molecule has 0 bridgehead atoms. The molecular formula is C19H27FO. The number of benzene rings is 1. The second-order valence-electron chi connectivity index (χ2n) is 6.79. The fourth-order valence-electron chi connectivity index (χ4n) is 3.03. The highest BCUT2D eigenvalue weighted by atomic mass is 19.1. The van der Waals surface area contributed by atoms with Crippen molar-refractivity contribution < 1.29 is 9.13 Å². The Hall–Kier alpha value is -1.31. The summed E-state index contributed by atoms with van der Waals surface area (Å²) in [7, 11) is 0. The van der Waals surface area contributed by atoms with Crippen molar-refractivity contribution >= 4 is 5.57 Å². The summed E-state index contributed by atoms with van der Waals surface area (Å²) in [5.74, 6) is 1.28. The van der Waals surface area contributed by atoms with Gasteiger partial charge in [0.2, 0.25) is 0 Å². The highest BCUT2D eigenvalue weighted by molar-refractivity contribution is 5.63. The lowest BCUT2D eigenvalue weighted by atomic mass is 9.97. The summed E-state index contributed by atoms with van der Waals surface area (Å²) in [4.78, 5) is 0. The first-order chi connectivity index (χ1) is 9.97. The average molecular weight is 290 g/mol. The molecule has 1 aromatic carbocycles. The van der Waals surface area contributed by atoms with Crippen molar-refractivity contribution in [2.75, 3.05) is 6.61 Å². The number of hydrogen-bond acceptors (Lipinski definition) is 1. The molecule has 21 heavy (non-hydrogen) atoms. The fraction of sp³-hybridized carbons (Fsp3) is 0.579. The Morgan fingerprint density at radius 2 is 2.00 bits per heavy atom. The summed E-state index contributed by atoms with van der Waals surface area (Å²) in [5.41, 5.74) is 2.73. The molecule has 0 N–H and O–H groups in total. The molecule has 0 radical (unpaired) electrons. The largest absolute Gasteiger partial charge is 0.490 e. The molecule has 0 spiro atoms. The van der Waals surface area contributed by atoms with Crippen LogP contribution in [0.5, 0.6) is 5.75 Å². The van der Waals surface area contributed by atoms with E-state index in [-0.39, 0.29) is 5.82 Å². The summed E-state index contributed by atoms with van der Waals surface area (Å²) in [6.07, 6.45) is 5.82. The quantitative estimate of drug-likeness (QED) is 0.660. The average Bonchev–Trinajstić information content (AvgIpc) is 2.89. The maximum atomic E-state index is 14.4. The minimum absolute atomic E-state index is 0.246. The van der Waals surface area contributed by atoms with Gasteiger partial charge in [-0.05, 0) is 61.3 Å². The van der Waals surface area contributed by atoms with Crippen LogP contribution in [-0.4, -0.2) is 6.61 Å². The van der Waals surface area contributed by atoms with Gasteiger partial charge in [0.1, 0.15) is 0 Å². The number of hydrogen-bond donors (Lipinski definition) is 0. The third-order valence-electron chi connectivity index (χ3n) is 4.18. The van der Waals surface area contributed by atoms with Crippen molar-refractivity contribution in [3.63, 3.8) is 0 Å². The van der Waals surface area contributed by atoms with Gasteiger partial charge in [-0.1, -0.05) is 38.8 Å². The second-order valence-corrected chi connectivity index (χ2v) is 6.79. The van der Waals surface area contributed by atoms with Crippen LogP contribution in [0.2, 0.25) is 0 Å². The summed E-state index contributed by atoms with van der Waals surface area (Å²) in [6, 6.07) is 3.59. The van der Waals surface area contributed by atoms with E-state index in [2.05, 4.69) is 20.4 Å². The Kier molecular flexibility index (Phi) is 5.44. The van der Waals surface area contributed by atoms with E-state index in [1.807, 2.05) is 13.0 Å². The molecular weight excluding hydrogens is 263 g/mol. The van der Waals surface area contributed by atoms with Gasteiger partial charge in [-0.2, -0.15) is 0 Å².